The number of H-pyrrole nitrogens is 2. The number of hydrogen-bond acceptors (Lipinski definition) is 6. The third-order valence-electron chi connectivity index (χ3n) is 3.73. The molecule has 0 saturated heterocycles. The zero-order valence-corrected chi connectivity index (χ0v) is 15.4. The highest BCUT2D eigenvalue weighted by molar-refractivity contribution is 7.98. The van der Waals surface area contributed by atoms with Crippen molar-refractivity contribution in [1.29, 1.82) is 0 Å². The lowest BCUT2D eigenvalue weighted by Gasteiger charge is -2.09. The SMILES string of the molecule is COc1ccc(CSc2nc3nc(C(C)C)[nH]c3c(=O)[nH]2)cc1OC. The lowest BCUT2D eigenvalue weighted by molar-refractivity contribution is 0.354. The summed E-state index contributed by atoms with van der Waals surface area (Å²) < 4.78 is 10.5. The molecular formula is C17H20N4O3S. The summed E-state index contributed by atoms with van der Waals surface area (Å²) in [6.07, 6.45) is 0. The van der Waals surface area contributed by atoms with Gasteiger partial charge in [0.05, 0.1) is 14.2 Å². The van der Waals surface area contributed by atoms with E-state index in [2.05, 4.69) is 19.9 Å². The number of benzene rings is 1. The molecule has 0 atom stereocenters. The molecule has 3 rings (SSSR count). The highest BCUT2D eigenvalue weighted by atomic mass is 32.2. The lowest BCUT2D eigenvalue weighted by atomic mass is 10.2. The van der Waals surface area contributed by atoms with Crippen LogP contribution < -0.4 is 15.0 Å². The summed E-state index contributed by atoms with van der Waals surface area (Å²) in [4.78, 5) is 26.9. The molecule has 0 bridgehead atoms. The van der Waals surface area contributed by atoms with Crippen molar-refractivity contribution >= 4 is 22.9 Å². The predicted octanol–water partition coefficient (Wildman–Crippen LogP) is 3.08. The van der Waals surface area contributed by atoms with E-state index in [4.69, 9.17) is 9.47 Å². The number of nitrogens with one attached hydrogen (secondary N) is 2. The van der Waals surface area contributed by atoms with Crippen LogP contribution in [0.2, 0.25) is 0 Å². The average Bonchev–Trinajstić information content (AvgIpc) is 3.04. The molecule has 25 heavy (non-hydrogen) atoms. The third kappa shape index (κ3) is 3.63. The van der Waals surface area contributed by atoms with Crippen LogP contribution in [-0.4, -0.2) is 34.2 Å². The van der Waals surface area contributed by atoms with Crippen molar-refractivity contribution in [3.8, 4) is 11.5 Å². The number of ether oxygens (including phenoxy) is 2. The van der Waals surface area contributed by atoms with E-state index >= 15 is 0 Å². The number of rotatable bonds is 6. The topological polar surface area (TPSA) is 92.9 Å². The standard InChI is InChI=1S/C17H20N4O3S/c1-9(2)14-18-13-15(19-14)20-17(21-16(13)22)25-8-10-5-6-11(23-3)12(7-10)24-4/h5-7,9H,8H2,1-4H3,(H2,18,19,20,21,22). The monoisotopic (exact) mass is 360 g/mol. The molecule has 2 heterocycles. The van der Waals surface area contributed by atoms with E-state index in [9.17, 15) is 4.79 Å². The minimum absolute atomic E-state index is 0.205. The van der Waals surface area contributed by atoms with E-state index in [1.807, 2.05) is 32.0 Å². The summed E-state index contributed by atoms with van der Waals surface area (Å²) in [6, 6.07) is 5.72. The van der Waals surface area contributed by atoms with Gasteiger partial charge in [0.2, 0.25) is 0 Å². The second-order valence-corrected chi connectivity index (χ2v) is 6.79. The molecule has 8 heteroatoms. The second kappa shape index (κ2) is 7.18. The molecule has 0 saturated carbocycles. The number of imidazole rings is 1. The van der Waals surface area contributed by atoms with Gasteiger partial charge in [-0.25, -0.2) is 9.97 Å². The fourth-order valence-electron chi connectivity index (χ4n) is 2.37. The molecule has 3 aromatic rings. The van der Waals surface area contributed by atoms with E-state index in [0.717, 1.165) is 11.4 Å². The fourth-order valence-corrected chi connectivity index (χ4v) is 3.17. The van der Waals surface area contributed by atoms with Crippen LogP contribution in [0.4, 0.5) is 0 Å². The van der Waals surface area contributed by atoms with Crippen LogP contribution in [0.3, 0.4) is 0 Å². The van der Waals surface area contributed by atoms with Gasteiger partial charge in [0, 0.05) is 11.7 Å². The van der Waals surface area contributed by atoms with Crippen molar-refractivity contribution in [1.82, 2.24) is 19.9 Å². The molecule has 0 aliphatic heterocycles. The second-order valence-electron chi connectivity index (χ2n) is 5.82. The Morgan fingerprint density at radius 2 is 1.88 bits per heavy atom. The summed E-state index contributed by atoms with van der Waals surface area (Å²) >= 11 is 1.44. The van der Waals surface area contributed by atoms with E-state index in [0.29, 0.717) is 33.6 Å². The van der Waals surface area contributed by atoms with Gasteiger partial charge in [-0.05, 0) is 17.7 Å². The molecular weight excluding hydrogens is 340 g/mol. The van der Waals surface area contributed by atoms with Crippen LogP contribution in [0, 0.1) is 0 Å². The Hall–Kier alpha value is -2.48. The van der Waals surface area contributed by atoms with Gasteiger partial charge in [0.15, 0.2) is 27.8 Å². The number of hydrogen-bond donors (Lipinski definition) is 2. The van der Waals surface area contributed by atoms with Crippen LogP contribution in [0.5, 0.6) is 11.5 Å². The number of aromatic amines is 2. The Kier molecular flexibility index (Phi) is 4.98. The van der Waals surface area contributed by atoms with Gasteiger partial charge in [0.25, 0.3) is 5.56 Å². The molecule has 0 amide bonds. The largest absolute Gasteiger partial charge is 0.493 e. The fraction of sp³-hybridized carbons (Fsp3) is 0.353. The first-order valence-electron chi connectivity index (χ1n) is 7.85. The predicted molar refractivity (Wildman–Crippen MR) is 97.7 cm³/mol. The quantitative estimate of drug-likeness (QED) is 0.518. The molecule has 1 aromatic carbocycles. The number of fused-ring (bicyclic) bond motifs is 1. The first-order valence-corrected chi connectivity index (χ1v) is 8.84. The van der Waals surface area contributed by atoms with E-state index in [1.54, 1.807) is 14.2 Å². The van der Waals surface area contributed by atoms with Crippen molar-refractivity contribution in [3.63, 3.8) is 0 Å². The van der Waals surface area contributed by atoms with Crippen LogP contribution >= 0.6 is 11.8 Å². The summed E-state index contributed by atoms with van der Waals surface area (Å²) in [7, 11) is 3.21. The van der Waals surface area contributed by atoms with Crippen LogP contribution in [0.15, 0.2) is 28.2 Å². The maximum Gasteiger partial charge on any atom is 0.277 e. The van der Waals surface area contributed by atoms with Crippen molar-refractivity contribution in [2.24, 2.45) is 0 Å². The molecule has 0 radical (unpaired) electrons. The molecule has 2 N–H and O–H groups in total. The summed E-state index contributed by atoms with van der Waals surface area (Å²) in [5.41, 5.74) is 1.69. The van der Waals surface area contributed by atoms with Gasteiger partial charge in [-0.3, -0.25) is 9.78 Å². The van der Waals surface area contributed by atoms with Crippen LogP contribution in [0.25, 0.3) is 11.2 Å². The highest BCUT2D eigenvalue weighted by Gasteiger charge is 2.12. The van der Waals surface area contributed by atoms with Gasteiger partial charge in [-0.2, -0.15) is 0 Å². The maximum atomic E-state index is 12.2. The Labute approximate surface area is 149 Å². The van der Waals surface area contributed by atoms with E-state index in [1.165, 1.54) is 11.8 Å². The van der Waals surface area contributed by atoms with Crippen molar-refractivity contribution in [2.75, 3.05) is 14.2 Å². The minimum atomic E-state index is -0.209. The summed E-state index contributed by atoms with van der Waals surface area (Å²) in [5, 5.41) is 0.536. The van der Waals surface area contributed by atoms with Crippen molar-refractivity contribution < 1.29 is 9.47 Å². The number of aromatic nitrogens is 4. The number of nitrogens with zero attached hydrogens (tertiary/aromatic N) is 2. The molecule has 0 aliphatic rings. The Balaban J connectivity index is 1.82. The first-order chi connectivity index (χ1) is 12.0. The van der Waals surface area contributed by atoms with Crippen molar-refractivity contribution in [3.05, 3.63) is 39.9 Å². The van der Waals surface area contributed by atoms with Gasteiger partial charge in [0.1, 0.15) is 5.82 Å². The third-order valence-corrected chi connectivity index (χ3v) is 4.67. The Bertz CT molecular complexity index is 949. The van der Waals surface area contributed by atoms with Gasteiger partial charge in [-0.15, -0.1) is 0 Å². The zero-order valence-electron chi connectivity index (χ0n) is 14.5. The molecule has 0 spiro atoms. The smallest absolute Gasteiger partial charge is 0.277 e. The maximum absolute atomic E-state index is 12.2. The van der Waals surface area contributed by atoms with E-state index < -0.39 is 0 Å². The van der Waals surface area contributed by atoms with Gasteiger partial charge >= 0.3 is 0 Å². The summed E-state index contributed by atoms with van der Waals surface area (Å²) in [5.74, 6) is 2.95. The molecule has 2 aromatic heterocycles. The highest BCUT2D eigenvalue weighted by Crippen LogP contribution is 2.30. The Morgan fingerprint density at radius 1 is 1.12 bits per heavy atom. The van der Waals surface area contributed by atoms with Crippen LogP contribution in [-0.2, 0) is 5.75 Å². The Morgan fingerprint density at radius 3 is 2.56 bits per heavy atom. The molecule has 0 fully saturated rings. The van der Waals surface area contributed by atoms with Gasteiger partial charge in [-0.1, -0.05) is 31.7 Å². The molecule has 7 nitrogen and oxygen atoms in total. The molecule has 0 unspecified atom stereocenters. The van der Waals surface area contributed by atoms with Crippen molar-refractivity contribution in [2.45, 2.75) is 30.7 Å². The minimum Gasteiger partial charge on any atom is -0.493 e. The summed E-state index contributed by atoms with van der Waals surface area (Å²) in [6.45, 7) is 4.03. The lowest BCUT2D eigenvalue weighted by Crippen LogP contribution is -2.09. The zero-order chi connectivity index (χ0) is 18.0. The number of thioether (sulfide) groups is 1. The number of methoxy groups -OCH3 is 2. The van der Waals surface area contributed by atoms with Gasteiger partial charge < -0.3 is 14.5 Å². The van der Waals surface area contributed by atoms with Crippen LogP contribution in [0.1, 0.15) is 31.2 Å². The van der Waals surface area contributed by atoms with E-state index in [-0.39, 0.29) is 11.5 Å². The average molecular weight is 360 g/mol. The molecule has 0 aliphatic carbocycles. The molecule has 132 valence electrons. The first kappa shape index (κ1) is 17.3. The normalized spacial score (nSPS) is 11.2.